The van der Waals surface area contributed by atoms with Crippen LogP contribution in [0.1, 0.15) is 26.2 Å². The lowest BCUT2D eigenvalue weighted by atomic mass is 10.2. The molecule has 0 unspecified atom stereocenters. The Labute approximate surface area is 169 Å². The Balaban J connectivity index is 0.00000243. The van der Waals surface area contributed by atoms with Gasteiger partial charge < -0.3 is 17.0 Å². The molecule has 0 heterocycles. The molecule has 3 aromatic carbocycles. The summed E-state index contributed by atoms with van der Waals surface area (Å²) in [4.78, 5) is 0. The van der Waals surface area contributed by atoms with E-state index in [2.05, 4.69) is 110 Å². The average Bonchev–Trinajstić information content (AvgIpc) is 2.70. The van der Waals surface area contributed by atoms with Crippen molar-refractivity contribution in [2.24, 2.45) is 0 Å². The van der Waals surface area contributed by atoms with Gasteiger partial charge in [0, 0.05) is 0 Å². The molecule has 26 heavy (non-hydrogen) atoms. The monoisotopic (exact) mass is 424 g/mol. The van der Waals surface area contributed by atoms with Crippen molar-refractivity contribution in [1.82, 2.24) is 0 Å². The van der Waals surface area contributed by atoms with E-state index >= 15 is 0 Å². The summed E-state index contributed by atoms with van der Waals surface area (Å²) in [6.45, 7) is 2.25. The van der Waals surface area contributed by atoms with Crippen LogP contribution < -0.4 is 32.9 Å². The van der Waals surface area contributed by atoms with Crippen molar-refractivity contribution in [2.45, 2.75) is 26.2 Å². The molecular formula is C24H26BrP. The number of unbranched alkanes of at least 4 members (excludes halogenated alkanes) is 2. The summed E-state index contributed by atoms with van der Waals surface area (Å²) in [6, 6.07) is 33.0. The molecule has 0 aliphatic rings. The van der Waals surface area contributed by atoms with E-state index in [1.807, 2.05) is 0 Å². The summed E-state index contributed by atoms with van der Waals surface area (Å²) in [5, 5.41) is 4.25. The molecule has 0 fully saturated rings. The zero-order valence-corrected chi connectivity index (χ0v) is 17.7. The van der Waals surface area contributed by atoms with Gasteiger partial charge in [-0.2, -0.15) is 0 Å². The van der Waals surface area contributed by atoms with Gasteiger partial charge in [-0.3, -0.25) is 0 Å². The van der Waals surface area contributed by atoms with Crippen molar-refractivity contribution in [3.63, 3.8) is 0 Å². The van der Waals surface area contributed by atoms with Crippen LogP contribution >= 0.6 is 7.26 Å². The minimum absolute atomic E-state index is 0. The summed E-state index contributed by atoms with van der Waals surface area (Å²) in [5.41, 5.74) is 0. The summed E-state index contributed by atoms with van der Waals surface area (Å²) < 4.78 is 0. The number of benzene rings is 3. The molecule has 0 bridgehead atoms. The van der Waals surface area contributed by atoms with E-state index in [4.69, 9.17) is 0 Å². The predicted molar refractivity (Wildman–Crippen MR) is 114 cm³/mol. The second kappa shape index (κ2) is 10.5. The second-order valence-electron chi connectivity index (χ2n) is 6.26. The van der Waals surface area contributed by atoms with Gasteiger partial charge in [-0.05, 0) is 55.3 Å². The Kier molecular flexibility index (Phi) is 8.29. The molecule has 0 amide bonds. The van der Waals surface area contributed by atoms with Gasteiger partial charge in [0.05, 0.1) is 5.82 Å². The molecule has 134 valence electrons. The number of hydrogen-bond donors (Lipinski definition) is 0. The molecule has 0 nitrogen and oxygen atoms in total. The van der Waals surface area contributed by atoms with Crippen LogP contribution in [0, 0.1) is 0 Å². The third kappa shape index (κ3) is 4.53. The lowest BCUT2D eigenvalue weighted by Gasteiger charge is -2.24. The van der Waals surface area contributed by atoms with Gasteiger partial charge in [-0.1, -0.05) is 67.9 Å². The summed E-state index contributed by atoms with van der Waals surface area (Å²) in [7, 11) is -1.77. The minimum Gasteiger partial charge on any atom is -1.00 e. The lowest BCUT2D eigenvalue weighted by molar-refractivity contribution is -0.00000493. The summed E-state index contributed by atoms with van der Waals surface area (Å²) in [5.74, 6) is 2.52. The van der Waals surface area contributed by atoms with E-state index in [1.165, 1.54) is 28.8 Å². The Hall–Kier alpha value is -1.69. The van der Waals surface area contributed by atoms with Crippen LogP contribution in [-0.4, -0.2) is 0 Å². The maximum atomic E-state index is 2.52. The topological polar surface area (TPSA) is 0 Å². The van der Waals surface area contributed by atoms with Gasteiger partial charge in [0.2, 0.25) is 0 Å². The van der Waals surface area contributed by atoms with Crippen LogP contribution in [0.2, 0.25) is 0 Å². The molecule has 0 aliphatic heterocycles. The van der Waals surface area contributed by atoms with Crippen LogP contribution in [0.25, 0.3) is 0 Å². The Morgan fingerprint density at radius 3 is 1.38 bits per heavy atom. The maximum absolute atomic E-state index is 2.52. The van der Waals surface area contributed by atoms with Gasteiger partial charge in [-0.25, -0.2) is 0 Å². The van der Waals surface area contributed by atoms with Crippen molar-refractivity contribution in [1.29, 1.82) is 0 Å². The first-order valence-electron chi connectivity index (χ1n) is 9.11. The molecule has 3 rings (SSSR count). The molecule has 2 heteroatoms. The van der Waals surface area contributed by atoms with Crippen LogP contribution in [0.3, 0.4) is 0 Å². The largest absolute Gasteiger partial charge is 1.00 e. The number of halogens is 1. The zero-order valence-electron chi connectivity index (χ0n) is 15.3. The van der Waals surface area contributed by atoms with E-state index in [1.54, 1.807) is 0 Å². The van der Waals surface area contributed by atoms with Crippen molar-refractivity contribution >= 4 is 23.2 Å². The normalized spacial score (nSPS) is 11.3. The molecule has 0 atom stereocenters. The number of hydrogen-bond acceptors (Lipinski definition) is 0. The Bertz CT molecular complexity index is 686. The molecule has 0 aromatic heterocycles. The van der Waals surface area contributed by atoms with Gasteiger partial charge in [0.25, 0.3) is 0 Å². The maximum Gasteiger partial charge on any atom is 0.136 e. The third-order valence-electron chi connectivity index (χ3n) is 4.54. The highest BCUT2D eigenvalue weighted by Crippen LogP contribution is 2.56. The highest BCUT2D eigenvalue weighted by Gasteiger charge is 2.42. The van der Waals surface area contributed by atoms with Crippen molar-refractivity contribution in [3.05, 3.63) is 103 Å². The van der Waals surface area contributed by atoms with E-state index < -0.39 is 7.26 Å². The van der Waals surface area contributed by atoms with E-state index in [0.717, 1.165) is 6.42 Å². The van der Waals surface area contributed by atoms with Crippen LogP contribution in [-0.2, 0) is 0 Å². The predicted octanol–water partition coefficient (Wildman–Crippen LogP) is 2.69. The zero-order chi connectivity index (χ0) is 17.4. The molecular weight excluding hydrogens is 399 g/mol. The molecule has 0 N–H and O–H groups in total. The highest BCUT2D eigenvalue weighted by atomic mass is 79.9. The van der Waals surface area contributed by atoms with Crippen molar-refractivity contribution in [3.8, 4) is 0 Å². The molecule has 0 saturated heterocycles. The van der Waals surface area contributed by atoms with Gasteiger partial charge in [0.1, 0.15) is 23.2 Å². The van der Waals surface area contributed by atoms with Crippen LogP contribution in [0.4, 0.5) is 0 Å². The number of allylic oxidation sites excluding steroid dienone is 1. The van der Waals surface area contributed by atoms with Gasteiger partial charge in [-0.15, -0.1) is 0 Å². The first-order valence-corrected chi connectivity index (χ1v) is 11.0. The highest BCUT2D eigenvalue weighted by molar-refractivity contribution is 7.98. The minimum atomic E-state index is -1.77. The molecule has 3 aromatic rings. The average molecular weight is 425 g/mol. The SMILES string of the molecule is CCCC/C=C/[P+](c1ccccc1)(c1ccccc1)c1ccccc1.[Br-]. The quantitative estimate of drug-likeness (QED) is 0.404. The molecule has 0 radical (unpaired) electrons. The van der Waals surface area contributed by atoms with Gasteiger partial charge >= 0.3 is 0 Å². The van der Waals surface area contributed by atoms with Crippen molar-refractivity contribution in [2.75, 3.05) is 0 Å². The fourth-order valence-electron chi connectivity index (χ4n) is 3.25. The van der Waals surface area contributed by atoms with E-state index in [0.29, 0.717) is 0 Å². The summed E-state index contributed by atoms with van der Waals surface area (Å²) in [6.07, 6.45) is 6.03. The third-order valence-corrected chi connectivity index (χ3v) is 8.54. The van der Waals surface area contributed by atoms with Crippen molar-refractivity contribution < 1.29 is 17.0 Å². The smallest absolute Gasteiger partial charge is 0.136 e. The van der Waals surface area contributed by atoms with E-state index in [-0.39, 0.29) is 17.0 Å². The summed E-state index contributed by atoms with van der Waals surface area (Å²) >= 11 is 0. The fraction of sp³-hybridized carbons (Fsp3) is 0.167. The fourth-order valence-corrected chi connectivity index (χ4v) is 7.05. The second-order valence-corrected chi connectivity index (χ2v) is 9.55. The lowest BCUT2D eigenvalue weighted by Crippen LogP contribution is -3.00. The standard InChI is InChI=1S/C24H26P.BrH/c1-2-3-4-14-21-25(22-15-8-5-9-16-22,23-17-10-6-11-18-23)24-19-12-7-13-20-24;/h5-21H,2-4H2,1H3;1H/q+1;/p-1/b21-14+;. The molecule has 0 spiro atoms. The number of rotatable bonds is 7. The van der Waals surface area contributed by atoms with Gasteiger partial charge in [0.15, 0.2) is 0 Å². The Morgan fingerprint density at radius 1 is 0.654 bits per heavy atom. The Morgan fingerprint density at radius 2 is 1.04 bits per heavy atom. The van der Waals surface area contributed by atoms with Crippen LogP contribution in [0.15, 0.2) is 103 Å². The first kappa shape index (κ1) is 20.6. The molecule has 0 saturated carbocycles. The van der Waals surface area contributed by atoms with E-state index in [9.17, 15) is 0 Å². The molecule has 0 aliphatic carbocycles. The first-order chi connectivity index (χ1) is 12.4. The van der Waals surface area contributed by atoms with Crippen LogP contribution in [0.5, 0.6) is 0 Å².